The van der Waals surface area contributed by atoms with Crippen molar-refractivity contribution >= 4 is 80.4 Å². The number of aryl methyl sites for hydroxylation is 2. The molecule has 0 aliphatic heterocycles. The summed E-state index contributed by atoms with van der Waals surface area (Å²) in [5.41, 5.74) is 29.0. The van der Waals surface area contributed by atoms with Gasteiger partial charge in [-0.1, -0.05) is 270 Å². The number of benzene rings is 14. The van der Waals surface area contributed by atoms with E-state index in [1.165, 1.54) is 68.5 Å². The average molecular weight is 1360 g/mol. The van der Waals surface area contributed by atoms with Gasteiger partial charge in [0, 0.05) is 73.7 Å². The fourth-order valence-electron chi connectivity index (χ4n) is 15.7. The Balaban J connectivity index is 0.727. The van der Waals surface area contributed by atoms with Crippen molar-refractivity contribution in [1.29, 1.82) is 0 Å². The predicted molar refractivity (Wildman–Crippen MR) is 449 cm³/mol. The second-order valence-corrected chi connectivity index (χ2v) is 27.8. The lowest BCUT2D eigenvalue weighted by Gasteiger charge is -2.33. The predicted octanol–water partition coefficient (Wildman–Crippen LogP) is 28.8. The lowest BCUT2D eigenvalue weighted by Crippen LogP contribution is -2.25. The Morgan fingerprint density at radius 3 is 0.714 bits per heavy atom. The zero-order valence-corrected chi connectivity index (χ0v) is 60.0. The first-order valence-electron chi connectivity index (χ1n) is 37.6. The number of anilines is 12. The largest absolute Gasteiger partial charge is 0.311 e. The molecule has 0 bridgehead atoms. The van der Waals surface area contributed by atoms with Gasteiger partial charge < -0.3 is 19.6 Å². The first-order valence-corrected chi connectivity index (χ1v) is 37.6. The summed E-state index contributed by atoms with van der Waals surface area (Å²) in [6.07, 6.45) is 17.3. The number of hydrogen-bond donors (Lipinski definition) is 0. The fourth-order valence-corrected chi connectivity index (χ4v) is 15.7. The van der Waals surface area contributed by atoms with Crippen LogP contribution in [-0.4, -0.2) is 0 Å². The number of nitrogens with zero attached hydrogens (tertiary/aromatic N) is 4. The molecule has 0 N–H and O–H groups in total. The monoisotopic (exact) mass is 1360 g/mol. The molecule has 0 amide bonds. The first-order chi connectivity index (χ1) is 52.0. The van der Waals surface area contributed by atoms with Gasteiger partial charge in [-0.15, -0.1) is 0 Å². The van der Waals surface area contributed by atoms with Crippen molar-refractivity contribution in [3.8, 4) is 33.4 Å². The molecule has 105 heavy (non-hydrogen) atoms. The van der Waals surface area contributed by atoms with Crippen LogP contribution in [0.15, 0.2) is 377 Å². The minimum Gasteiger partial charge on any atom is -0.311 e. The maximum absolute atomic E-state index is 4.00. The van der Waals surface area contributed by atoms with Crippen LogP contribution >= 0.6 is 0 Å². The smallest absolute Gasteiger partial charge is 0.0462 e. The Morgan fingerprint density at radius 2 is 0.448 bits per heavy atom. The van der Waals surface area contributed by atoms with Crippen molar-refractivity contribution < 1.29 is 0 Å². The SMILES string of the molecule is C=Cc1ccc(N(c2ccccc2)c2ccc(CCCCCCC3(CCCCCCc4ccc(N(c5ccccc5)c5ccc(C=C)cc5)cc4)c4cc(-c5ccc(N(c6ccccc6)c6ccccc6)cc5)ccc4-c4ccc(-c5ccc(N(c6ccccc6)c6ccccc6)cc5)cc43)cc2)cc1. The van der Waals surface area contributed by atoms with E-state index in [1.54, 1.807) is 0 Å². The van der Waals surface area contributed by atoms with Crippen molar-refractivity contribution in [1.82, 2.24) is 0 Å². The van der Waals surface area contributed by atoms with Gasteiger partial charge in [-0.25, -0.2) is 0 Å². The molecular weight excluding hydrogens is 1270 g/mol. The molecule has 4 nitrogen and oxygen atoms in total. The number of para-hydroxylation sites is 6. The Labute approximate surface area is 622 Å². The standard InChI is InChI=1S/C101H90N4/c1-3-77-45-59-91(60-46-77)104(89-41-25-13-26-42-89)93-63-49-79(50-64-93)31-15-5-7-29-73-101(74-30-8-6-16-32-80-51-65-94(66-52-80)105(90-43-27-14-28-44-90)92-61-47-78(4-2)48-62-92)99-75-83(81-53-67-95(68-54-81)102(85-33-17-9-18-34-85)86-35-19-10-20-36-86)57-71-97(99)98-72-58-84(76-100(98)101)82-55-69-96(70-56-82)103(87-37-21-11-22-38-87)88-39-23-12-24-40-88/h3-4,9-14,17-28,33-72,75-76H,1-2,5-8,15-16,29-32,73-74H2. The Bertz CT molecular complexity index is 4700. The summed E-state index contributed by atoms with van der Waals surface area (Å²) in [6.45, 7) is 8.00. The summed E-state index contributed by atoms with van der Waals surface area (Å²) >= 11 is 0. The highest BCUT2D eigenvalue weighted by Gasteiger charge is 2.43. The third kappa shape index (κ3) is 15.6. The van der Waals surface area contributed by atoms with Crippen molar-refractivity contribution in [3.63, 3.8) is 0 Å². The van der Waals surface area contributed by atoms with Gasteiger partial charge in [-0.05, 0) is 263 Å². The molecule has 15 rings (SSSR count). The Hall–Kier alpha value is -12.2. The van der Waals surface area contributed by atoms with E-state index in [-0.39, 0.29) is 5.41 Å². The molecule has 0 spiro atoms. The summed E-state index contributed by atoms with van der Waals surface area (Å²) in [7, 11) is 0. The van der Waals surface area contributed by atoms with Crippen LogP contribution in [0.5, 0.6) is 0 Å². The van der Waals surface area contributed by atoms with Gasteiger partial charge in [0.25, 0.3) is 0 Å². The highest BCUT2D eigenvalue weighted by Crippen LogP contribution is 2.56. The molecule has 0 aromatic heterocycles. The van der Waals surface area contributed by atoms with E-state index in [0.29, 0.717) is 0 Å². The number of rotatable bonds is 30. The number of hydrogen-bond acceptors (Lipinski definition) is 4. The topological polar surface area (TPSA) is 13.0 Å². The molecule has 14 aromatic rings. The van der Waals surface area contributed by atoms with E-state index in [4.69, 9.17) is 0 Å². The molecule has 1 aliphatic carbocycles. The molecule has 0 heterocycles. The third-order valence-corrected chi connectivity index (χ3v) is 21.2. The van der Waals surface area contributed by atoms with Gasteiger partial charge in [0.05, 0.1) is 0 Å². The van der Waals surface area contributed by atoms with E-state index in [9.17, 15) is 0 Å². The molecule has 0 saturated heterocycles. The lowest BCUT2D eigenvalue weighted by molar-refractivity contribution is 0.399. The minimum atomic E-state index is -0.204. The van der Waals surface area contributed by atoms with Crippen LogP contribution in [0, 0.1) is 0 Å². The van der Waals surface area contributed by atoms with E-state index in [2.05, 4.69) is 397 Å². The molecule has 0 radical (unpaired) electrons. The molecule has 0 atom stereocenters. The van der Waals surface area contributed by atoms with Crippen molar-refractivity contribution in [2.45, 2.75) is 82.5 Å². The maximum atomic E-state index is 4.00. The molecule has 14 aromatic carbocycles. The molecule has 0 fully saturated rings. The van der Waals surface area contributed by atoms with Crippen molar-refractivity contribution in [3.05, 3.63) is 411 Å². The van der Waals surface area contributed by atoms with E-state index in [0.717, 1.165) is 144 Å². The van der Waals surface area contributed by atoms with Crippen LogP contribution in [-0.2, 0) is 18.3 Å². The van der Waals surface area contributed by atoms with Crippen LogP contribution < -0.4 is 19.6 Å². The zero-order chi connectivity index (χ0) is 71.0. The summed E-state index contributed by atoms with van der Waals surface area (Å²) in [6, 6.07) is 134. The summed E-state index contributed by atoms with van der Waals surface area (Å²) in [4.78, 5) is 9.39. The zero-order valence-electron chi connectivity index (χ0n) is 60.0. The number of unbranched alkanes of at least 4 members (excludes halogenated alkanes) is 6. The van der Waals surface area contributed by atoms with Crippen molar-refractivity contribution in [2.75, 3.05) is 19.6 Å². The van der Waals surface area contributed by atoms with Gasteiger partial charge in [-0.2, -0.15) is 0 Å². The summed E-state index contributed by atoms with van der Waals surface area (Å²) in [5.74, 6) is 0. The highest BCUT2D eigenvalue weighted by atomic mass is 15.2. The van der Waals surface area contributed by atoms with E-state index < -0.39 is 0 Å². The van der Waals surface area contributed by atoms with Crippen molar-refractivity contribution in [2.24, 2.45) is 0 Å². The number of fused-ring (bicyclic) bond motifs is 3. The van der Waals surface area contributed by atoms with Gasteiger partial charge in [0.15, 0.2) is 0 Å². The van der Waals surface area contributed by atoms with Crippen LogP contribution in [0.2, 0.25) is 0 Å². The van der Waals surface area contributed by atoms with E-state index >= 15 is 0 Å². The fraction of sp³-hybridized carbons (Fsp3) is 0.129. The van der Waals surface area contributed by atoms with Gasteiger partial charge >= 0.3 is 0 Å². The lowest BCUT2D eigenvalue weighted by atomic mass is 9.70. The van der Waals surface area contributed by atoms with Crippen LogP contribution in [0.25, 0.3) is 45.5 Å². The normalized spacial score (nSPS) is 11.8. The van der Waals surface area contributed by atoms with Crippen LogP contribution in [0.1, 0.15) is 97.6 Å². The molecular formula is C101H90N4. The summed E-state index contributed by atoms with van der Waals surface area (Å²) < 4.78 is 0. The second-order valence-electron chi connectivity index (χ2n) is 27.8. The molecule has 1 aliphatic rings. The molecule has 0 saturated carbocycles. The van der Waals surface area contributed by atoms with E-state index in [1.807, 2.05) is 12.2 Å². The van der Waals surface area contributed by atoms with Gasteiger partial charge in [-0.3, -0.25) is 0 Å². The van der Waals surface area contributed by atoms with Gasteiger partial charge in [0.1, 0.15) is 0 Å². The maximum Gasteiger partial charge on any atom is 0.0462 e. The quantitative estimate of drug-likeness (QED) is 0.0416. The van der Waals surface area contributed by atoms with Crippen LogP contribution in [0.4, 0.5) is 68.2 Å². The van der Waals surface area contributed by atoms with Crippen LogP contribution in [0.3, 0.4) is 0 Å². The molecule has 514 valence electrons. The molecule has 0 unspecified atom stereocenters. The first kappa shape index (κ1) is 68.5. The van der Waals surface area contributed by atoms with Gasteiger partial charge in [0.2, 0.25) is 0 Å². The Morgan fingerprint density at radius 1 is 0.219 bits per heavy atom. The summed E-state index contributed by atoms with van der Waals surface area (Å²) in [5, 5.41) is 0. The minimum absolute atomic E-state index is 0.204. The Kier molecular flexibility index (Phi) is 21.4. The average Bonchev–Trinajstić information content (AvgIpc) is 1.56. The third-order valence-electron chi connectivity index (χ3n) is 21.2. The second kappa shape index (κ2) is 32.8. The molecule has 4 heteroatoms. The highest BCUT2D eigenvalue weighted by molar-refractivity contribution is 5.88.